The van der Waals surface area contributed by atoms with Gasteiger partial charge < -0.3 is 9.47 Å². The number of thioether (sulfide) groups is 1. The van der Waals surface area contributed by atoms with Gasteiger partial charge in [0.1, 0.15) is 12.7 Å². The van der Waals surface area contributed by atoms with E-state index in [9.17, 15) is 65.9 Å². The molecule has 1 aliphatic heterocycles. The lowest BCUT2D eigenvalue weighted by Crippen LogP contribution is -2.72. The first-order valence-corrected chi connectivity index (χ1v) is 9.80. The summed E-state index contributed by atoms with van der Waals surface area (Å²) in [6.45, 7) is -0.624. The zero-order valence-electron chi connectivity index (χ0n) is 14.9. The van der Waals surface area contributed by atoms with E-state index in [1.807, 2.05) is 0 Å². The molecule has 1 aromatic rings. The number of hydrogen-bond donors (Lipinski definition) is 0. The minimum absolute atomic E-state index is 0.0854. The molecule has 0 saturated carbocycles. The zero-order chi connectivity index (χ0) is 25.9. The predicted octanol–water partition coefficient (Wildman–Crippen LogP) is 6.95. The van der Waals surface area contributed by atoms with Crippen LogP contribution in [0.25, 0.3) is 0 Å². The molecule has 1 atom stereocenters. The van der Waals surface area contributed by atoms with Crippen LogP contribution in [0.4, 0.5) is 65.9 Å². The number of fused-ring (bicyclic) bond motifs is 1. The number of ether oxygens (including phenoxy) is 2. The molecule has 2 nitrogen and oxygen atoms in total. The highest BCUT2D eigenvalue weighted by molar-refractivity contribution is 8.00. The molecule has 1 aliphatic rings. The Morgan fingerprint density at radius 2 is 1.15 bits per heavy atom. The van der Waals surface area contributed by atoms with Crippen molar-refractivity contribution < 1.29 is 75.3 Å². The molecule has 0 bridgehead atoms. The lowest BCUT2D eigenvalue weighted by atomic mass is 9.94. The van der Waals surface area contributed by atoms with Crippen molar-refractivity contribution in [1.29, 1.82) is 0 Å². The third-order valence-corrected chi connectivity index (χ3v) is 5.92. The van der Waals surface area contributed by atoms with Gasteiger partial charge in [0.25, 0.3) is 0 Å². The van der Waals surface area contributed by atoms with Crippen molar-refractivity contribution in [2.75, 3.05) is 12.4 Å². The molecule has 0 aromatic carbocycles. The standard InChI is InChI=1S/C14H7F15O2S2/c15-8(16,9(17,18)11(21,22)13(25,26)27)10(19,20)12(23,24)14(28,29)33-2-5-1-30-6-3-32-4-7(6)31-5/h3-5H,1-2H2. The Morgan fingerprint density at radius 3 is 1.67 bits per heavy atom. The average molecular weight is 556 g/mol. The lowest BCUT2D eigenvalue weighted by molar-refractivity contribution is -0.447. The third kappa shape index (κ3) is 4.16. The molecule has 0 radical (unpaired) electrons. The minimum atomic E-state index is -8.29. The molecule has 192 valence electrons. The Labute approximate surface area is 181 Å². The van der Waals surface area contributed by atoms with E-state index >= 15 is 0 Å². The molecule has 1 unspecified atom stereocenters. The van der Waals surface area contributed by atoms with Crippen molar-refractivity contribution in [1.82, 2.24) is 0 Å². The maximum Gasteiger partial charge on any atom is 0.460 e. The smallest absolute Gasteiger partial charge is 0.460 e. The Kier molecular flexibility index (Phi) is 6.82. The fourth-order valence-electron chi connectivity index (χ4n) is 2.18. The quantitative estimate of drug-likeness (QED) is 0.323. The van der Waals surface area contributed by atoms with Crippen molar-refractivity contribution in [3.8, 4) is 11.5 Å². The SMILES string of the molecule is FC(F)(F)C(F)(F)C(F)(F)C(F)(F)C(F)(F)C(F)(F)C(F)(F)SCC1COc2cscc2O1. The molecule has 0 saturated heterocycles. The normalized spacial score (nSPS) is 19.1. The molecule has 33 heavy (non-hydrogen) atoms. The van der Waals surface area contributed by atoms with E-state index in [-0.39, 0.29) is 11.5 Å². The van der Waals surface area contributed by atoms with E-state index in [2.05, 4.69) is 0 Å². The van der Waals surface area contributed by atoms with Crippen LogP contribution in [0.2, 0.25) is 0 Å². The van der Waals surface area contributed by atoms with Gasteiger partial charge >= 0.3 is 41.0 Å². The Morgan fingerprint density at radius 1 is 0.697 bits per heavy atom. The van der Waals surface area contributed by atoms with Crippen LogP contribution in [0.3, 0.4) is 0 Å². The van der Waals surface area contributed by atoms with Crippen LogP contribution in [0.5, 0.6) is 11.5 Å². The zero-order valence-corrected chi connectivity index (χ0v) is 16.6. The van der Waals surface area contributed by atoms with E-state index in [1.165, 1.54) is 10.8 Å². The summed E-state index contributed by atoms with van der Waals surface area (Å²) >= 11 is -0.539. The highest BCUT2D eigenvalue weighted by Gasteiger charge is 2.93. The van der Waals surface area contributed by atoms with Gasteiger partial charge in [0.2, 0.25) is 0 Å². The van der Waals surface area contributed by atoms with Gasteiger partial charge in [-0.25, -0.2) is 0 Å². The van der Waals surface area contributed by atoms with Gasteiger partial charge in [0, 0.05) is 16.5 Å². The number of rotatable bonds is 8. The maximum absolute atomic E-state index is 13.8. The van der Waals surface area contributed by atoms with Crippen LogP contribution in [0, 0.1) is 0 Å². The molecule has 0 spiro atoms. The van der Waals surface area contributed by atoms with Gasteiger partial charge in [-0.05, 0) is 0 Å². The second kappa shape index (κ2) is 8.08. The van der Waals surface area contributed by atoms with Crippen LogP contribution in [0.15, 0.2) is 10.8 Å². The van der Waals surface area contributed by atoms with Gasteiger partial charge in [-0.1, -0.05) is 11.8 Å². The van der Waals surface area contributed by atoms with Crippen molar-refractivity contribution in [2.24, 2.45) is 0 Å². The first-order valence-electron chi connectivity index (χ1n) is 7.88. The van der Waals surface area contributed by atoms with Gasteiger partial charge in [-0.3, -0.25) is 0 Å². The molecule has 0 N–H and O–H groups in total. The topological polar surface area (TPSA) is 18.5 Å². The van der Waals surface area contributed by atoms with E-state index in [0.717, 1.165) is 11.3 Å². The van der Waals surface area contributed by atoms with Crippen molar-refractivity contribution in [3.63, 3.8) is 0 Å². The fourth-order valence-corrected chi connectivity index (χ4v) is 3.72. The van der Waals surface area contributed by atoms with Gasteiger partial charge in [-0.2, -0.15) is 65.9 Å². The van der Waals surface area contributed by atoms with Crippen molar-refractivity contribution >= 4 is 23.1 Å². The number of hydrogen-bond acceptors (Lipinski definition) is 4. The Bertz CT molecular complexity index is 848. The van der Waals surface area contributed by atoms with Crippen LogP contribution in [-0.4, -0.2) is 59.5 Å². The third-order valence-electron chi connectivity index (χ3n) is 4.06. The monoisotopic (exact) mass is 556 g/mol. The molecule has 2 heterocycles. The van der Waals surface area contributed by atoms with E-state index in [1.54, 1.807) is 0 Å². The molecular weight excluding hydrogens is 549 g/mol. The Balaban J connectivity index is 2.29. The summed E-state index contributed by atoms with van der Waals surface area (Å²) in [5, 5.41) is -3.76. The first kappa shape index (κ1) is 27.8. The summed E-state index contributed by atoms with van der Waals surface area (Å²) in [5.41, 5.74) is 0. The molecule has 1 aromatic heterocycles. The molecular formula is C14H7F15O2S2. The second-order valence-corrected chi connectivity index (χ2v) is 8.23. The van der Waals surface area contributed by atoms with E-state index in [4.69, 9.17) is 9.47 Å². The summed E-state index contributed by atoms with van der Waals surface area (Å²) in [6, 6.07) is 0. The molecule has 0 amide bonds. The summed E-state index contributed by atoms with van der Waals surface area (Å²) < 4.78 is 207. The second-order valence-electron chi connectivity index (χ2n) is 6.35. The Hall–Kier alpha value is -1.40. The molecule has 0 fully saturated rings. The maximum atomic E-state index is 13.8. The highest BCUT2D eigenvalue weighted by Crippen LogP contribution is 2.63. The molecule has 2 rings (SSSR count). The largest absolute Gasteiger partial charge is 0.485 e. The summed E-state index contributed by atoms with van der Waals surface area (Å²) in [5.74, 6) is -41.5. The highest BCUT2D eigenvalue weighted by atomic mass is 32.2. The first-order chi connectivity index (χ1) is 14.5. The molecule has 19 heteroatoms. The van der Waals surface area contributed by atoms with E-state index in [0.29, 0.717) is 0 Å². The van der Waals surface area contributed by atoms with Crippen LogP contribution in [0.1, 0.15) is 0 Å². The summed E-state index contributed by atoms with van der Waals surface area (Å²) in [4.78, 5) is 0. The van der Waals surface area contributed by atoms with Gasteiger partial charge in [0.05, 0.1) is 0 Å². The number of alkyl halides is 15. The minimum Gasteiger partial charge on any atom is -0.485 e. The van der Waals surface area contributed by atoms with Gasteiger partial charge in [0.15, 0.2) is 11.5 Å². The predicted molar refractivity (Wildman–Crippen MR) is 82.4 cm³/mol. The van der Waals surface area contributed by atoms with Crippen molar-refractivity contribution in [3.05, 3.63) is 10.8 Å². The van der Waals surface area contributed by atoms with Crippen LogP contribution in [-0.2, 0) is 0 Å². The average Bonchev–Trinajstić information content (AvgIpc) is 3.12. The summed E-state index contributed by atoms with van der Waals surface area (Å²) in [7, 11) is 0. The van der Waals surface area contributed by atoms with E-state index < -0.39 is 71.3 Å². The van der Waals surface area contributed by atoms with Crippen LogP contribution >= 0.6 is 23.1 Å². The molecule has 0 aliphatic carbocycles. The fraction of sp³-hybridized carbons (Fsp3) is 0.714. The van der Waals surface area contributed by atoms with Crippen LogP contribution < -0.4 is 9.47 Å². The number of thiophene rings is 1. The van der Waals surface area contributed by atoms with Crippen molar-refractivity contribution in [2.45, 2.75) is 47.1 Å². The summed E-state index contributed by atoms with van der Waals surface area (Å²) in [6.07, 6.45) is -9.19. The lowest BCUT2D eigenvalue weighted by Gasteiger charge is -2.41. The number of halogens is 15. The van der Waals surface area contributed by atoms with Gasteiger partial charge in [-0.15, -0.1) is 11.3 Å².